The Labute approximate surface area is 161 Å². The van der Waals surface area contributed by atoms with Crippen molar-refractivity contribution in [3.8, 4) is 0 Å². The molecule has 0 aliphatic carbocycles. The molecule has 0 radical (unpaired) electrons. The summed E-state index contributed by atoms with van der Waals surface area (Å²) in [4.78, 5) is 23.5. The summed E-state index contributed by atoms with van der Waals surface area (Å²) in [5.74, 6) is 0.894. The van der Waals surface area contributed by atoms with Gasteiger partial charge in [-0.05, 0) is 36.6 Å². The zero-order chi connectivity index (χ0) is 17.9. The van der Waals surface area contributed by atoms with Gasteiger partial charge in [0.25, 0.3) is 0 Å². The van der Waals surface area contributed by atoms with Crippen molar-refractivity contribution in [2.24, 2.45) is 0 Å². The van der Waals surface area contributed by atoms with Crippen molar-refractivity contribution >= 4 is 40.3 Å². The predicted molar refractivity (Wildman–Crippen MR) is 104 cm³/mol. The molecule has 134 valence electrons. The maximum Gasteiger partial charge on any atom is 0.242 e. The molecule has 0 spiro atoms. The Morgan fingerprint density at radius 1 is 1.23 bits per heavy atom. The molecule has 0 saturated carbocycles. The molecule has 1 aliphatic rings. The Bertz CT molecular complexity index is 936. The van der Waals surface area contributed by atoms with Crippen LogP contribution in [0.1, 0.15) is 18.4 Å². The third-order valence-electron chi connectivity index (χ3n) is 4.52. The normalized spacial score (nSPS) is 14.3. The number of imidazole rings is 1. The molecule has 0 unspecified atom stereocenters. The predicted octanol–water partition coefficient (Wildman–Crippen LogP) is 4.00. The first-order valence-corrected chi connectivity index (χ1v) is 10.0. The van der Waals surface area contributed by atoms with Gasteiger partial charge in [0.15, 0.2) is 5.16 Å². The molecule has 4 rings (SSSR count). The third kappa shape index (κ3) is 3.71. The Hall–Kier alpha value is -2.05. The molecule has 0 bridgehead atoms. The Balaban J connectivity index is 1.59. The average molecular weight is 387 g/mol. The van der Waals surface area contributed by atoms with Gasteiger partial charge in [0.1, 0.15) is 6.54 Å². The fraction of sp³-hybridized carbons (Fsp3) is 0.316. The first-order valence-electron chi connectivity index (χ1n) is 8.66. The van der Waals surface area contributed by atoms with Crippen molar-refractivity contribution in [1.82, 2.24) is 19.4 Å². The standard InChI is InChI=1S/C19H19ClN4OS/c20-15-5-3-4-14(10-15)13-26-19-22-16-6-7-21-11-17(16)24(19)12-18(25)23-8-1-2-9-23/h3-7,10-11H,1-2,8-9,12-13H2. The number of halogens is 1. The molecule has 2 aromatic heterocycles. The molecule has 3 heterocycles. The summed E-state index contributed by atoms with van der Waals surface area (Å²) in [5, 5.41) is 1.56. The first kappa shape index (κ1) is 17.4. The van der Waals surface area contributed by atoms with Crippen molar-refractivity contribution in [1.29, 1.82) is 0 Å². The number of nitrogens with zero attached hydrogens (tertiary/aromatic N) is 4. The summed E-state index contributed by atoms with van der Waals surface area (Å²) in [6, 6.07) is 9.70. The molecule has 1 fully saturated rings. The lowest BCUT2D eigenvalue weighted by Crippen LogP contribution is -2.31. The monoisotopic (exact) mass is 386 g/mol. The van der Waals surface area contributed by atoms with Crippen molar-refractivity contribution in [3.63, 3.8) is 0 Å². The molecule has 1 saturated heterocycles. The molecule has 3 aromatic rings. The van der Waals surface area contributed by atoms with Crippen LogP contribution in [-0.4, -0.2) is 38.4 Å². The summed E-state index contributed by atoms with van der Waals surface area (Å²) in [7, 11) is 0. The summed E-state index contributed by atoms with van der Waals surface area (Å²) >= 11 is 7.69. The number of fused-ring (bicyclic) bond motifs is 1. The van der Waals surface area contributed by atoms with Gasteiger partial charge in [0, 0.05) is 30.1 Å². The smallest absolute Gasteiger partial charge is 0.242 e. The lowest BCUT2D eigenvalue weighted by atomic mass is 10.2. The van der Waals surface area contributed by atoms with E-state index in [1.165, 1.54) is 0 Å². The number of thioether (sulfide) groups is 1. The van der Waals surface area contributed by atoms with E-state index in [9.17, 15) is 4.79 Å². The molecular weight excluding hydrogens is 368 g/mol. The number of hydrogen-bond donors (Lipinski definition) is 0. The van der Waals surface area contributed by atoms with Gasteiger partial charge in [-0.15, -0.1) is 0 Å². The number of carbonyl (C=O) groups is 1. The number of hydrogen-bond acceptors (Lipinski definition) is 4. The molecule has 0 atom stereocenters. The zero-order valence-electron chi connectivity index (χ0n) is 14.3. The van der Waals surface area contributed by atoms with E-state index in [1.807, 2.05) is 39.8 Å². The zero-order valence-corrected chi connectivity index (χ0v) is 15.8. The minimum absolute atomic E-state index is 0.148. The number of benzene rings is 1. The van der Waals surface area contributed by atoms with E-state index in [1.54, 1.807) is 24.2 Å². The van der Waals surface area contributed by atoms with Crippen molar-refractivity contribution in [2.45, 2.75) is 30.3 Å². The Kier molecular flexibility index (Phi) is 5.13. The fourth-order valence-electron chi connectivity index (χ4n) is 3.19. The SMILES string of the molecule is O=C(Cn1c(SCc2cccc(Cl)c2)nc2ccncc21)N1CCCC1. The second-order valence-electron chi connectivity index (χ2n) is 6.35. The van der Waals surface area contributed by atoms with Crippen LogP contribution >= 0.6 is 23.4 Å². The van der Waals surface area contributed by atoms with E-state index in [0.717, 1.165) is 58.5 Å². The number of rotatable bonds is 5. The lowest BCUT2D eigenvalue weighted by Gasteiger charge is -2.16. The van der Waals surface area contributed by atoms with E-state index in [-0.39, 0.29) is 5.91 Å². The minimum Gasteiger partial charge on any atom is -0.341 e. The van der Waals surface area contributed by atoms with Gasteiger partial charge < -0.3 is 9.47 Å². The van der Waals surface area contributed by atoms with Crippen LogP contribution in [0.2, 0.25) is 5.02 Å². The van der Waals surface area contributed by atoms with Crippen molar-refractivity contribution in [2.75, 3.05) is 13.1 Å². The molecule has 5 nitrogen and oxygen atoms in total. The second kappa shape index (κ2) is 7.68. The molecule has 26 heavy (non-hydrogen) atoms. The van der Waals surface area contributed by atoms with Crippen LogP contribution in [0.25, 0.3) is 11.0 Å². The highest BCUT2D eigenvalue weighted by Gasteiger charge is 2.21. The highest BCUT2D eigenvalue weighted by atomic mass is 35.5. The van der Waals surface area contributed by atoms with E-state index in [0.29, 0.717) is 6.54 Å². The molecule has 7 heteroatoms. The van der Waals surface area contributed by atoms with Gasteiger partial charge in [0.2, 0.25) is 5.91 Å². The molecule has 1 amide bonds. The van der Waals surface area contributed by atoms with Crippen LogP contribution in [-0.2, 0) is 17.1 Å². The van der Waals surface area contributed by atoms with Gasteiger partial charge in [-0.25, -0.2) is 4.98 Å². The van der Waals surface area contributed by atoms with E-state index in [4.69, 9.17) is 16.6 Å². The van der Waals surface area contributed by atoms with Crippen LogP contribution in [0.4, 0.5) is 0 Å². The minimum atomic E-state index is 0.148. The quantitative estimate of drug-likeness (QED) is 0.622. The first-order chi connectivity index (χ1) is 12.7. The van der Waals surface area contributed by atoms with Gasteiger partial charge in [-0.3, -0.25) is 9.78 Å². The maximum atomic E-state index is 12.7. The summed E-state index contributed by atoms with van der Waals surface area (Å²) in [6.07, 6.45) is 5.69. The van der Waals surface area contributed by atoms with Crippen LogP contribution in [0.15, 0.2) is 47.9 Å². The van der Waals surface area contributed by atoms with Crippen molar-refractivity contribution < 1.29 is 4.79 Å². The van der Waals surface area contributed by atoms with Gasteiger partial charge in [-0.1, -0.05) is 35.5 Å². The van der Waals surface area contributed by atoms with Crippen molar-refractivity contribution in [3.05, 3.63) is 53.3 Å². The summed E-state index contributed by atoms with van der Waals surface area (Å²) < 4.78 is 1.98. The number of amides is 1. The number of likely N-dealkylation sites (tertiary alicyclic amines) is 1. The highest BCUT2D eigenvalue weighted by molar-refractivity contribution is 7.98. The number of carbonyl (C=O) groups excluding carboxylic acids is 1. The van der Waals surface area contributed by atoms with E-state index in [2.05, 4.69) is 4.98 Å². The van der Waals surface area contributed by atoms with E-state index < -0.39 is 0 Å². The lowest BCUT2D eigenvalue weighted by molar-refractivity contribution is -0.130. The topological polar surface area (TPSA) is 51.0 Å². The molecule has 1 aliphatic heterocycles. The fourth-order valence-corrected chi connectivity index (χ4v) is 4.36. The van der Waals surface area contributed by atoms with E-state index >= 15 is 0 Å². The van der Waals surface area contributed by atoms with Crippen LogP contribution < -0.4 is 0 Å². The highest BCUT2D eigenvalue weighted by Crippen LogP contribution is 2.27. The van der Waals surface area contributed by atoms with Gasteiger partial charge in [0.05, 0.1) is 17.2 Å². The molecular formula is C19H19ClN4OS. The second-order valence-corrected chi connectivity index (χ2v) is 7.73. The van der Waals surface area contributed by atoms with Crippen LogP contribution in [0.3, 0.4) is 0 Å². The Morgan fingerprint density at radius 3 is 2.88 bits per heavy atom. The number of aromatic nitrogens is 3. The number of pyridine rings is 1. The Morgan fingerprint density at radius 2 is 2.08 bits per heavy atom. The third-order valence-corrected chi connectivity index (χ3v) is 5.81. The summed E-state index contributed by atoms with van der Waals surface area (Å²) in [6.45, 7) is 2.02. The molecule has 1 aromatic carbocycles. The van der Waals surface area contributed by atoms with Gasteiger partial charge >= 0.3 is 0 Å². The largest absolute Gasteiger partial charge is 0.341 e. The average Bonchev–Trinajstić information content (AvgIpc) is 3.29. The molecule has 0 N–H and O–H groups in total. The maximum absolute atomic E-state index is 12.7. The van der Waals surface area contributed by atoms with Crippen LogP contribution in [0, 0.1) is 0 Å². The van der Waals surface area contributed by atoms with Crippen LogP contribution in [0.5, 0.6) is 0 Å². The van der Waals surface area contributed by atoms with Gasteiger partial charge in [-0.2, -0.15) is 0 Å². The summed E-state index contributed by atoms with van der Waals surface area (Å²) in [5.41, 5.74) is 2.89.